The van der Waals surface area contributed by atoms with E-state index in [1.54, 1.807) is 0 Å². The third kappa shape index (κ3) is 50.2. The molecule has 3 heterocycles. The predicted octanol–water partition coefficient (Wildman–Crippen LogP) is 6.47. The quantitative estimate of drug-likeness (QED) is 0.0345. The summed E-state index contributed by atoms with van der Waals surface area (Å²) in [5, 5.41) is 102. The predicted molar refractivity (Wildman–Crippen MR) is 353 cm³/mol. The summed E-state index contributed by atoms with van der Waals surface area (Å²) >= 11 is 0. The molecule has 1 fully saturated rings. The smallest absolute Gasteiger partial charge is 0.0948 e. The van der Waals surface area contributed by atoms with E-state index in [0.29, 0.717) is 50.1 Å². The lowest BCUT2D eigenvalue weighted by Crippen LogP contribution is -2.42. The average Bonchev–Trinajstić information content (AvgIpc) is 4.25. The number of aliphatic hydroxyl groups excluding tert-OH is 11. The van der Waals surface area contributed by atoms with E-state index < -0.39 is 24.4 Å². The molecule has 3 rings (SSSR count). The van der Waals surface area contributed by atoms with E-state index in [1.165, 1.54) is 37.7 Å². The molecule has 12 atom stereocenters. The number of hydrogen-bond acceptors (Lipinski definition) is 18. The summed E-state index contributed by atoms with van der Waals surface area (Å²) < 4.78 is 2.17. The fraction of sp³-hybridized carbons (Fsp3) is 0.879. The van der Waals surface area contributed by atoms with Crippen molar-refractivity contribution >= 4 is 0 Å². The fourth-order valence-corrected chi connectivity index (χ4v) is 9.15. The van der Waals surface area contributed by atoms with E-state index in [4.69, 9.17) is 40.9 Å². The van der Waals surface area contributed by atoms with Gasteiger partial charge in [-0.2, -0.15) is 0 Å². The van der Waals surface area contributed by atoms with Gasteiger partial charge in [-0.1, -0.05) is 117 Å². The average molecular weight is 1220 g/mol. The molecule has 0 aliphatic carbocycles. The van der Waals surface area contributed by atoms with Crippen LogP contribution in [0.4, 0.5) is 0 Å². The summed E-state index contributed by atoms with van der Waals surface area (Å²) in [5.41, 5.74) is 1.42. The molecule has 0 radical (unpaired) electrons. The first-order valence-corrected chi connectivity index (χ1v) is 32.8. The minimum atomic E-state index is -0.690. The van der Waals surface area contributed by atoms with Gasteiger partial charge in [0, 0.05) is 116 Å². The van der Waals surface area contributed by atoms with Gasteiger partial charge in [0.2, 0.25) is 0 Å². The van der Waals surface area contributed by atoms with Crippen molar-refractivity contribution in [2.45, 2.75) is 205 Å². The zero-order valence-corrected chi connectivity index (χ0v) is 57.3. The zero-order valence-electron chi connectivity index (χ0n) is 57.3. The summed E-state index contributed by atoms with van der Waals surface area (Å²) in [6.07, 6.45) is 16.2. The number of likely N-dealkylation sites (tertiary alicyclic amines) is 1. The Morgan fingerprint density at radius 2 is 0.988 bits per heavy atom. The highest BCUT2D eigenvalue weighted by Crippen LogP contribution is 2.23. The topological polar surface area (TPSA) is 278 Å². The third-order valence-corrected chi connectivity index (χ3v) is 15.7. The van der Waals surface area contributed by atoms with Gasteiger partial charge in [-0.15, -0.1) is 0 Å². The molecule has 0 aromatic carbocycles. The number of rotatable bonds is 37. The highest BCUT2D eigenvalue weighted by Gasteiger charge is 2.27. The van der Waals surface area contributed by atoms with Crippen LogP contribution in [0.5, 0.6) is 0 Å². The van der Waals surface area contributed by atoms with Crippen LogP contribution in [0.15, 0.2) is 43.2 Å². The minimum Gasteiger partial charge on any atom is -0.396 e. The Kier molecular flexibility index (Phi) is 62.2. The molecule has 85 heavy (non-hydrogen) atoms. The molecule has 508 valence electrons. The molecule has 2 aromatic rings. The van der Waals surface area contributed by atoms with E-state index >= 15 is 0 Å². The highest BCUT2D eigenvalue weighted by atomic mass is 16.3. The van der Waals surface area contributed by atoms with Gasteiger partial charge < -0.3 is 80.8 Å². The summed E-state index contributed by atoms with van der Waals surface area (Å²) in [7, 11) is 1.93. The lowest BCUT2D eigenvalue weighted by Gasteiger charge is -2.31. The maximum atomic E-state index is 9.45. The molecular weight excluding hydrogens is 1080 g/mol. The second-order valence-corrected chi connectivity index (χ2v) is 24.5. The van der Waals surface area contributed by atoms with Crippen LogP contribution in [-0.4, -0.2) is 253 Å². The molecule has 19 nitrogen and oxygen atoms in total. The normalized spacial score (nSPS) is 17.6. The van der Waals surface area contributed by atoms with Gasteiger partial charge in [0.25, 0.3) is 0 Å². The summed E-state index contributed by atoms with van der Waals surface area (Å²) in [5.74, 6) is 4.27. The molecule has 12 unspecified atom stereocenters. The van der Waals surface area contributed by atoms with Crippen LogP contribution in [0.1, 0.15) is 180 Å². The Bertz CT molecular complexity index is 1570. The van der Waals surface area contributed by atoms with Crippen LogP contribution < -0.4 is 5.32 Å². The van der Waals surface area contributed by atoms with Crippen LogP contribution in [0.3, 0.4) is 0 Å². The number of imidazole rings is 1. The SMILES string of the molecule is CC1CN(CC(O)CO)CC1C.CCC(C)CN(CC(C)CO)CC(O)CO.CCC(C)CNCC(C)CO.CCC(C)N(CC(C)CO)CC(O)CO.CCC(CC)c1ccncc1.CCC(CC)n1ccnc1.CCCN(C)CC(O)CO. The van der Waals surface area contributed by atoms with E-state index in [1.807, 2.05) is 63.8 Å². The summed E-state index contributed by atoms with van der Waals surface area (Å²) in [6, 6.07) is 5.22. The number of likely N-dealkylation sites (N-methyl/N-ethyl adjacent to an activating group) is 1. The van der Waals surface area contributed by atoms with Gasteiger partial charge in [-0.25, -0.2) is 4.98 Å². The number of pyridine rings is 1. The van der Waals surface area contributed by atoms with Crippen molar-refractivity contribution in [3.05, 3.63) is 48.8 Å². The number of nitrogens with zero attached hydrogens (tertiary/aromatic N) is 7. The number of hydrogen-bond donors (Lipinski definition) is 12. The van der Waals surface area contributed by atoms with E-state index in [9.17, 15) is 15.3 Å². The second kappa shape index (κ2) is 59.3. The van der Waals surface area contributed by atoms with Crippen LogP contribution in [-0.2, 0) is 0 Å². The van der Waals surface area contributed by atoms with Gasteiger partial charge in [0.05, 0.1) is 57.2 Å². The Morgan fingerprint density at radius 3 is 1.41 bits per heavy atom. The minimum absolute atomic E-state index is 0.126. The molecule has 1 aliphatic rings. The van der Waals surface area contributed by atoms with Gasteiger partial charge in [0.1, 0.15) is 0 Å². The van der Waals surface area contributed by atoms with Gasteiger partial charge in [0.15, 0.2) is 0 Å². The van der Waals surface area contributed by atoms with Crippen LogP contribution in [0, 0.1) is 41.4 Å². The third-order valence-electron chi connectivity index (χ3n) is 15.7. The van der Waals surface area contributed by atoms with E-state index in [-0.39, 0.29) is 58.1 Å². The molecule has 0 bridgehead atoms. The first-order chi connectivity index (χ1) is 40.4. The van der Waals surface area contributed by atoms with Crippen LogP contribution in [0.2, 0.25) is 0 Å². The van der Waals surface area contributed by atoms with Crippen LogP contribution in [0.25, 0.3) is 0 Å². The maximum Gasteiger partial charge on any atom is 0.0948 e. The van der Waals surface area contributed by atoms with Gasteiger partial charge in [-0.3, -0.25) is 9.88 Å². The summed E-state index contributed by atoms with van der Waals surface area (Å²) in [6.45, 7) is 43.9. The first kappa shape index (κ1) is 89.1. The Balaban J connectivity index is -0.000000453. The Labute approximate surface area is 520 Å². The number of aromatic nitrogens is 3. The monoisotopic (exact) mass is 1220 g/mol. The van der Waals surface area contributed by atoms with Crippen molar-refractivity contribution in [2.24, 2.45) is 41.4 Å². The lowest BCUT2D eigenvalue weighted by atomic mass is 9.95. The molecule has 19 heteroatoms. The fourth-order valence-electron chi connectivity index (χ4n) is 9.15. The number of aliphatic hydroxyl groups is 11. The maximum absolute atomic E-state index is 9.45. The van der Waals surface area contributed by atoms with Crippen molar-refractivity contribution in [3.63, 3.8) is 0 Å². The highest BCUT2D eigenvalue weighted by molar-refractivity contribution is 5.15. The van der Waals surface area contributed by atoms with Gasteiger partial charge in [-0.05, 0) is 137 Å². The largest absolute Gasteiger partial charge is 0.396 e. The summed E-state index contributed by atoms with van der Waals surface area (Å²) in [4.78, 5) is 16.5. The molecular formula is C66H138N8O11. The number of β-amino-alcohol motifs (C(OH)–C–C–N with tert-alkyl or cyclic N) is 1. The Morgan fingerprint density at radius 1 is 0.518 bits per heavy atom. The molecule has 1 saturated heterocycles. The zero-order chi connectivity index (χ0) is 65.7. The van der Waals surface area contributed by atoms with Crippen molar-refractivity contribution in [1.29, 1.82) is 0 Å². The Hall–Kier alpha value is -2.28. The standard InChI is InChI=1S/C12H27NO3.C11H25NO3.C10H15N.C9H19NO2.C9H21NO.C8H14N2.C7H17NO2/c1-4-10(2)5-13(6-11(3)8-14)7-12(16)9-15;1-4-10(3)12(5-9(2)7-13)6-11(15)8-14;1-3-9(4-2)10-5-7-11-8-6-10;1-7-3-10(4-8(7)2)5-9(12)6-11;1-4-8(2)5-10-6-9(3)7-11;1-3-8(4-2)10-6-5-9-7-10;1-3-4-8(2)5-7(10)6-9/h10-12,14-16H,4-9H2,1-3H3;9-11,13-15H,4-8H2,1-3H3;5-9H,3-4H2,1-2H3;7-9,11-12H,3-6H2,1-2H3;8-11H,4-7H2,1-3H3;5-8H,3-4H2,1-2H3;7,9-10H,3-6H2,1-2H3. The molecule has 2 aromatic heterocycles. The molecule has 1 aliphatic heterocycles. The van der Waals surface area contributed by atoms with Crippen LogP contribution >= 0.6 is 0 Å². The molecule has 0 amide bonds. The lowest BCUT2D eigenvalue weighted by molar-refractivity contribution is 0.0365. The van der Waals surface area contributed by atoms with Crippen molar-refractivity contribution in [3.8, 4) is 0 Å². The van der Waals surface area contributed by atoms with Crippen molar-refractivity contribution in [1.82, 2.24) is 39.5 Å². The van der Waals surface area contributed by atoms with Gasteiger partial charge >= 0.3 is 0 Å². The first-order valence-electron chi connectivity index (χ1n) is 32.8. The van der Waals surface area contributed by atoms with Crippen molar-refractivity contribution < 1.29 is 56.2 Å². The second-order valence-electron chi connectivity index (χ2n) is 24.5. The van der Waals surface area contributed by atoms with E-state index in [0.717, 1.165) is 95.3 Å². The number of nitrogens with one attached hydrogen (secondary N) is 1. The van der Waals surface area contributed by atoms with Crippen molar-refractivity contribution in [2.75, 3.05) is 132 Å². The van der Waals surface area contributed by atoms with E-state index in [2.05, 4.69) is 137 Å². The molecule has 0 saturated carbocycles. The molecule has 0 spiro atoms. The molecule has 12 N–H and O–H groups in total.